The zero-order chi connectivity index (χ0) is 14.8. The van der Waals surface area contributed by atoms with Crippen molar-refractivity contribution in [2.24, 2.45) is 5.10 Å². The Balaban J connectivity index is 2.04. The van der Waals surface area contributed by atoms with Gasteiger partial charge < -0.3 is 5.11 Å². The zero-order valence-corrected chi connectivity index (χ0v) is 11.9. The number of hydrogen-bond donors (Lipinski definition) is 1. The zero-order valence-electron chi connectivity index (χ0n) is 11.1. The van der Waals surface area contributed by atoms with Gasteiger partial charge in [0.25, 0.3) is 0 Å². The van der Waals surface area contributed by atoms with Crippen molar-refractivity contribution in [1.82, 2.24) is 5.01 Å². The van der Waals surface area contributed by atoms with Gasteiger partial charge >= 0.3 is 6.09 Å². The summed E-state index contributed by atoms with van der Waals surface area (Å²) in [4.78, 5) is 11.2. The standard InChI is InChI=1S/C16H13ClN2O2/c17-13-8-4-7-12(9-13)15-14(10-19(18-15)16(20)21)11-5-2-1-3-6-11/h1-9,14H,10H2,(H,20,21). The fraction of sp³-hybridized carbons (Fsp3) is 0.125. The third kappa shape index (κ3) is 2.76. The van der Waals surface area contributed by atoms with Crippen LogP contribution in [0.15, 0.2) is 59.7 Å². The van der Waals surface area contributed by atoms with Crippen molar-refractivity contribution in [2.75, 3.05) is 6.54 Å². The van der Waals surface area contributed by atoms with Gasteiger partial charge in [-0.15, -0.1) is 0 Å². The lowest BCUT2D eigenvalue weighted by Gasteiger charge is -2.13. The molecule has 1 N–H and O–H groups in total. The molecule has 21 heavy (non-hydrogen) atoms. The van der Waals surface area contributed by atoms with Gasteiger partial charge in [-0.2, -0.15) is 10.1 Å². The highest BCUT2D eigenvalue weighted by Gasteiger charge is 2.32. The largest absolute Gasteiger partial charge is 0.464 e. The molecule has 106 valence electrons. The SMILES string of the molecule is O=C(O)N1CC(c2ccccc2)C(c2cccc(Cl)c2)=N1. The van der Waals surface area contributed by atoms with Crippen LogP contribution in [-0.2, 0) is 0 Å². The fourth-order valence-electron chi connectivity index (χ4n) is 2.48. The molecule has 0 saturated carbocycles. The van der Waals surface area contributed by atoms with E-state index in [1.165, 1.54) is 0 Å². The van der Waals surface area contributed by atoms with E-state index >= 15 is 0 Å². The molecular formula is C16H13ClN2O2. The normalized spacial score (nSPS) is 17.7. The molecule has 0 aliphatic carbocycles. The first-order valence-electron chi connectivity index (χ1n) is 6.55. The summed E-state index contributed by atoms with van der Waals surface area (Å²) in [6, 6.07) is 17.1. The van der Waals surface area contributed by atoms with Crippen molar-refractivity contribution in [3.05, 3.63) is 70.7 Å². The lowest BCUT2D eigenvalue weighted by Crippen LogP contribution is -2.23. The van der Waals surface area contributed by atoms with Crippen LogP contribution in [0.5, 0.6) is 0 Å². The van der Waals surface area contributed by atoms with Crippen molar-refractivity contribution < 1.29 is 9.90 Å². The molecule has 0 fully saturated rings. The Kier molecular flexibility index (Phi) is 3.62. The molecule has 1 heterocycles. The predicted octanol–water partition coefficient (Wildman–Crippen LogP) is 3.82. The number of halogens is 1. The minimum atomic E-state index is -1.05. The number of benzene rings is 2. The fourth-order valence-corrected chi connectivity index (χ4v) is 2.67. The minimum absolute atomic E-state index is 0.0826. The molecule has 0 saturated heterocycles. The van der Waals surface area contributed by atoms with E-state index in [4.69, 9.17) is 11.6 Å². The number of carbonyl (C=O) groups is 1. The Labute approximate surface area is 127 Å². The maximum absolute atomic E-state index is 11.2. The highest BCUT2D eigenvalue weighted by Crippen LogP contribution is 2.29. The highest BCUT2D eigenvalue weighted by atomic mass is 35.5. The Morgan fingerprint density at radius 2 is 1.95 bits per heavy atom. The van der Waals surface area contributed by atoms with Crippen LogP contribution >= 0.6 is 11.6 Å². The second-order valence-corrected chi connectivity index (χ2v) is 5.26. The summed E-state index contributed by atoms with van der Waals surface area (Å²) >= 11 is 6.03. The first kappa shape index (κ1) is 13.6. The van der Waals surface area contributed by atoms with Crippen LogP contribution in [0.25, 0.3) is 0 Å². The summed E-state index contributed by atoms with van der Waals surface area (Å²) in [5.74, 6) is -0.0826. The van der Waals surface area contributed by atoms with Gasteiger partial charge in [0.2, 0.25) is 0 Å². The molecule has 2 aromatic rings. The number of amides is 1. The second-order valence-electron chi connectivity index (χ2n) is 4.82. The minimum Gasteiger partial charge on any atom is -0.464 e. The maximum atomic E-state index is 11.2. The molecule has 1 unspecified atom stereocenters. The van der Waals surface area contributed by atoms with Crippen LogP contribution in [0.1, 0.15) is 17.0 Å². The molecule has 0 bridgehead atoms. The number of nitrogens with zero attached hydrogens (tertiary/aromatic N) is 2. The lowest BCUT2D eigenvalue weighted by molar-refractivity contribution is 0.151. The van der Waals surface area contributed by atoms with E-state index in [2.05, 4.69) is 5.10 Å². The van der Waals surface area contributed by atoms with Gasteiger partial charge in [0, 0.05) is 10.9 Å². The van der Waals surface area contributed by atoms with Crippen molar-refractivity contribution in [2.45, 2.75) is 5.92 Å². The first-order chi connectivity index (χ1) is 10.1. The molecule has 2 aromatic carbocycles. The van der Waals surface area contributed by atoms with Crippen LogP contribution in [-0.4, -0.2) is 28.5 Å². The molecule has 0 spiro atoms. The average molecular weight is 301 g/mol. The monoisotopic (exact) mass is 300 g/mol. The summed E-state index contributed by atoms with van der Waals surface area (Å²) in [5.41, 5.74) is 2.62. The molecule has 0 radical (unpaired) electrons. The van der Waals surface area contributed by atoms with Crippen molar-refractivity contribution in [3.63, 3.8) is 0 Å². The summed E-state index contributed by atoms with van der Waals surface area (Å²) in [6.45, 7) is 0.321. The molecular weight excluding hydrogens is 288 g/mol. The van der Waals surface area contributed by atoms with Crippen LogP contribution < -0.4 is 0 Å². The molecule has 1 aliphatic heterocycles. The smallest absolute Gasteiger partial charge is 0.427 e. The van der Waals surface area contributed by atoms with E-state index in [0.717, 1.165) is 21.8 Å². The van der Waals surface area contributed by atoms with Crippen LogP contribution in [0.2, 0.25) is 5.02 Å². The van der Waals surface area contributed by atoms with E-state index in [9.17, 15) is 9.90 Å². The van der Waals surface area contributed by atoms with Crippen molar-refractivity contribution >= 4 is 23.4 Å². The lowest BCUT2D eigenvalue weighted by atomic mass is 9.91. The van der Waals surface area contributed by atoms with Gasteiger partial charge in [-0.05, 0) is 23.3 Å². The highest BCUT2D eigenvalue weighted by molar-refractivity contribution is 6.31. The van der Waals surface area contributed by atoms with Gasteiger partial charge in [0.15, 0.2) is 0 Å². The van der Waals surface area contributed by atoms with E-state index in [-0.39, 0.29) is 5.92 Å². The third-order valence-corrected chi connectivity index (χ3v) is 3.69. The summed E-state index contributed by atoms with van der Waals surface area (Å²) in [6.07, 6.45) is -1.05. The quantitative estimate of drug-likeness (QED) is 0.916. The van der Waals surface area contributed by atoms with Gasteiger partial charge in [0.1, 0.15) is 0 Å². The van der Waals surface area contributed by atoms with Crippen LogP contribution in [0.3, 0.4) is 0 Å². The van der Waals surface area contributed by atoms with E-state index in [1.807, 2.05) is 48.5 Å². The molecule has 1 aliphatic rings. The topological polar surface area (TPSA) is 52.9 Å². The van der Waals surface area contributed by atoms with E-state index in [1.54, 1.807) is 6.07 Å². The number of carboxylic acid groups (broad SMARTS) is 1. The van der Waals surface area contributed by atoms with Crippen LogP contribution in [0, 0.1) is 0 Å². The van der Waals surface area contributed by atoms with Gasteiger partial charge in [-0.3, -0.25) is 0 Å². The van der Waals surface area contributed by atoms with E-state index in [0.29, 0.717) is 11.6 Å². The molecule has 3 rings (SSSR count). The molecule has 1 amide bonds. The average Bonchev–Trinajstić information content (AvgIpc) is 2.93. The summed E-state index contributed by atoms with van der Waals surface area (Å²) in [5, 5.41) is 15.1. The van der Waals surface area contributed by atoms with Gasteiger partial charge in [-0.25, -0.2) is 4.79 Å². The van der Waals surface area contributed by atoms with Gasteiger partial charge in [-0.1, -0.05) is 54.1 Å². The van der Waals surface area contributed by atoms with Crippen LogP contribution in [0.4, 0.5) is 4.79 Å². The Bertz CT molecular complexity index is 700. The van der Waals surface area contributed by atoms with Crippen molar-refractivity contribution in [1.29, 1.82) is 0 Å². The Hall–Kier alpha value is -2.33. The number of hydrogen-bond acceptors (Lipinski definition) is 2. The second kappa shape index (κ2) is 5.58. The Morgan fingerprint density at radius 1 is 1.19 bits per heavy atom. The number of hydrazone groups is 1. The number of rotatable bonds is 2. The third-order valence-electron chi connectivity index (χ3n) is 3.46. The summed E-state index contributed by atoms with van der Waals surface area (Å²) in [7, 11) is 0. The first-order valence-corrected chi connectivity index (χ1v) is 6.93. The Morgan fingerprint density at radius 3 is 2.62 bits per heavy atom. The molecule has 0 aromatic heterocycles. The predicted molar refractivity (Wildman–Crippen MR) is 81.9 cm³/mol. The van der Waals surface area contributed by atoms with E-state index < -0.39 is 6.09 Å². The van der Waals surface area contributed by atoms with Gasteiger partial charge in [0.05, 0.1) is 12.3 Å². The molecule has 5 heteroatoms. The molecule has 1 atom stereocenters. The maximum Gasteiger partial charge on any atom is 0.427 e. The molecule has 4 nitrogen and oxygen atoms in total. The summed E-state index contributed by atoms with van der Waals surface area (Å²) < 4.78 is 0. The van der Waals surface area contributed by atoms with Crippen molar-refractivity contribution in [3.8, 4) is 0 Å².